The maximum atomic E-state index is 12.8. The third kappa shape index (κ3) is 7.12. The SMILES string of the molecule is Cc1ccc(C(=O)N/C(=C\C=C/c2ccccc2)C(=O)NCCc2ccccc2)cc1. The molecule has 0 saturated heterocycles. The number of nitrogens with one attached hydrogen (secondary N) is 2. The van der Waals surface area contributed by atoms with E-state index in [1.807, 2.05) is 85.8 Å². The van der Waals surface area contributed by atoms with Gasteiger partial charge in [-0.2, -0.15) is 0 Å². The first-order valence-corrected chi connectivity index (χ1v) is 10.3. The largest absolute Gasteiger partial charge is 0.350 e. The average Bonchev–Trinajstić information content (AvgIpc) is 2.80. The number of carbonyl (C=O) groups excluding carboxylic acids is 2. The molecule has 0 atom stereocenters. The van der Waals surface area contributed by atoms with Gasteiger partial charge in [-0.1, -0.05) is 90.5 Å². The van der Waals surface area contributed by atoms with Gasteiger partial charge in [0.05, 0.1) is 0 Å². The quantitative estimate of drug-likeness (QED) is 0.418. The summed E-state index contributed by atoms with van der Waals surface area (Å²) in [6, 6.07) is 26.9. The second-order valence-corrected chi connectivity index (χ2v) is 7.16. The summed E-state index contributed by atoms with van der Waals surface area (Å²) in [6.07, 6.45) is 5.98. The number of hydrogen-bond donors (Lipinski definition) is 2. The summed E-state index contributed by atoms with van der Waals surface area (Å²) < 4.78 is 0. The molecule has 2 N–H and O–H groups in total. The van der Waals surface area contributed by atoms with Crippen LogP contribution in [0.5, 0.6) is 0 Å². The molecule has 0 spiro atoms. The van der Waals surface area contributed by atoms with Gasteiger partial charge in [-0.05, 0) is 42.7 Å². The van der Waals surface area contributed by atoms with Crippen LogP contribution >= 0.6 is 0 Å². The van der Waals surface area contributed by atoms with Crippen molar-refractivity contribution in [3.05, 3.63) is 125 Å². The molecule has 31 heavy (non-hydrogen) atoms. The van der Waals surface area contributed by atoms with Gasteiger partial charge in [-0.3, -0.25) is 9.59 Å². The maximum Gasteiger partial charge on any atom is 0.267 e. The van der Waals surface area contributed by atoms with Crippen LogP contribution in [0, 0.1) is 6.92 Å². The van der Waals surface area contributed by atoms with Crippen LogP contribution in [0.1, 0.15) is 27.0 Å². The van der Waals surface area contributed by atoms with Crippen molar-refractivity contribution >= 4 is 17.9 Å². The Morgan fingerprint density at radius 3 is 2.16 bits per heavy atom. The van der Waals surface area contributed by atoms with E-state index in [2.05, 4.69) is 10.6 Å². The van der Waals surface area contributed by atoms with E-state index in [0.717, 1.165) is 16.7 Å². The molecule has 3 rings (SSSR count). The van der Waals surface area contributed by atoms with Crippen LogP contribution in [0.4, 0.5) is 0 Å². The molecule has 0 aliphatic heterocycles. The van der Waals surface area contributed by atoms with E-state index in [1.54, 1.807) is 24.3 Å². The van der Waals surface area contributed by atoms with E-state index in [1.165, 1.54) is 0 Å². The lowest BCUT2D eigenvalue weighted by Crippen LogP contribution is -2.35. The summed E-state index contributed by atoms with van der Waals surface area (Å²) in [5.41, 5.74) is 3.91. The van der Waals surface area contributed by atoms with Gasteiger partial charge in [0.1, 0.15) is 5.70 Å². The Labute approximate surface area is 183 Å². The van der Waals surface area contributed by atoms with E-state index in [9.17, 15) is 9.59 Å². The molecule has 0 heterocycles. The predicted octanol–water partition coefficient (Wildman–Crippen LogP) is 4.68. The van der Waals surface area contributed by atoms with Crippen molar-refractivity contribution in [2.75, 3.05) is 6.54 Å². The third-order valence-electron chi connectivity index (χ3n) is 4.70. The number of rotatable bonds is 8. The third-order valence-corrected chi connectivity index (χ3v) is 4.70. The molecule has 0 aromatic heterocycles. The smallest absolute Gasteiger partial charge is 0.267 e. The highest BCUT2D eigenvalue weighted by atomic mass is 16.2. The minimum Gasteiger partial charge on any atom is -0.350 e. The standard InChI is InChI=1S/C27H26N2O2/c1-21-15-17-24(18-16-21)26(30)29-25(14-8-13-22-9-4-2-5-10-22)27(31)28-20-19-23-11-6-3-7-12-23/h2-18H,19-20H2,1H3,(H,28,31)(H,29,30)/b13-8-,25-14-. The van der Waals surface area contributed by atoms with Crippen LogP contribution in [0.3, 0.4) is 0 Å². The number of hydrogen-bond acceptors (Lipinski definition) is 2. The Hall–Kier alpha value is -3.92. The molecule has 156 valence electrons. The van der Waals surface area contributed by atoms with Crippen molar-refractivity contribution in [3.63, 3.8) is 0 Å². The number of allylic oxidation sites excluding steroid dienone is 2. The number of amides is 2. The number of benzene rings is 3. The highest BCUT2D eigenvalue weighted by Crippen LogP contribution is 2.06. The minimum atomic E-state index is -0.325. The van der Waals surface area contributed by atoms with E-state index in [0.29, 0.717) is 18.5 Å². The van der Waals surface area contributed by atoms with Crippen LogP contribution < -0.4 is 10.6 Å². The number of aryl methyl sites for hydroxylation is 1. The summed E-state index contributed by atoms with van der Waals surface area (Å²) in [5, 5.41) is 5.64. The summed E-state index contributed by atoms with van der Waals surface area (Å²) in [4.78, 5) is 25.4. The summed E-state index contributed by atoms with van der Waals surface area (Å²) in [6.45, 7) is 2.44. The normalized spacial score (nSPS) is 11.3. The molecule has 0 saturated carbocycles. The minimum absolute atomic E-state index is 0.200. The molecule has 3 aromatic carbocycles. The second-order valence-electron chi connectivity index (χ2n) is 7.16. The van der Waals surface area contributed by atoms with Crippen LogP contribution in [-0.4, -0.2) is 18.4 Å². The maximum absolute atomic E-state index is 12.8. The van der Waals surface area contributed by atoms with Gasteiger partial charge in [0, 0.05) is 12.1 Å². The molecule has 0 fully saturated rings. The Morgan fingerprint density at radius 1 is 0.839 bits per heavy atom. The molecule has 0 aliphatic rings. The molecular formula is C27H26N2O2. The molecule has 0 aliphatic carbocycles. The molecule has 0 bridgehead atoms. The Bertz CT molecular complexity index is 1050. The lowest BCUT2D eigenvalue weighted by atomic mass is 10.1. The van der Waals surface area contributed by atoms with Gasteiger partial charge in [0.15, 0.2) is 0 Å². The topological polar surface area (TPSA) is 58.2 Å². The van der Waals surface area contributed by atoms with E-state index in [4.69, 9.17) is 0 Å². The van der Waals surface area contributed by atoms with Crippen molar-refractivity contribution in [3.8, 4) is 0 Å². The molecule has 2 amide bonds. The molecule has 4 nitrogen and oxygen atoms in total. The molecule has 3 aromatic rings. The van der Waals surface area contributed by atoms with Gasteiger partial charge < -0.3 is 10.6 Å². The van der Waals surface area contributed by atoms with Gasteiger partial charge in [-0.15, -0.1) is 0 Å². The van der Waals surface area contributed by atoms with Crippen LogP contribution in [-0.2, 0) is 11.2 Å². The van der Waals surface area contributed by atoms with E-state index < -0.39 is 0 Å². The highest BCUT2D eigenvalue weighted by molar-refractivity contribution is 6.03. The fourth-order valence-electron chi connectivity index (χ4n) is 2.95. The van der Waals surface area contributed by atoms with E-state index in [-0.39, 0.29) is 17.5 Å². The molecule has 4 heteroatoms. The van der Waals surface area contributed by atoms with Crippen molar-refractivity contribution in [2.45, 2.75) is 13.3 Å². The molecular weight excluding hydrogens is 384 g/mol. The van der Waals surface area contributed by atoms with Gasteiger partial charge in [0.25, 0.3) is 11.8 Å². The van der Waals surface area contributed by atoms with Crippen LogP contribution in [0.2, 0.25) is 0 Å². The van der Waals surface area contributed by atoms with Crippen LogP contribution in [0.15, 0.2) is 103 Å². The van der Waals surface area contributed by atoms with Gasteiger partial charge in [0.2, 0.25) is 0 Å². The first-order chi connectivity index (χ1) is 15.1. The Balaban J connectivity index is 1.70. The first-order valence-electron chi connectivity index (χ1n) is 10.3. The first kappa shape index (κ1) is 21.8. The zero-order chi connectivity index (χ0) is 21.9. The zero-order valence-corrected chi connectivity index (χ0v) is 17.5. The lowest BCUT2D eigenvalue weighted by Gasteiger charge is -2.11. The van der Waals surface area contributed by atoms with E-state index >= 15 is 0 Å². The van der Waals surface area contributed by atoms with Crippen LogP contribution in [0.25, 0.3) is 6.08 Å². The number of carbonyl (C=O) groups is 2. The Kier molecular flexibility index (Phi) is 7.95. The molecule has 0 unspecified atom stereocenters. The fraction of sp³-hybridized carbons (Fsp3) is 0.111. The average molecular weight is 411 g/mol. The lowest BCUT2D eigenvalue weighted by molar-refractivity contribution is -0.117. The molecule has 0 radical (unpaired) electrons. The predicted molar refractivity (Wildman–Crippen MR) is 125 cm³/mol. The summed E-state index contributed by atoms with van der Waals surface area (Å²) >= 11 is 0. The van der Waals surface area contributed by atoms with Gasteiger partial charge in [-0.25, -0.2) is 0 Å². The van der Waals surface area contributed by atoms with Gasteiger partial charge >= 0.3 is 0 Å². The van der Waals surface area contributed by atoms with Crippen molar-refractivity contribution < 1.29 is 9.59 Å². The van der Waals surface area contributed by atoms with Crippen molar-refractivity contribution in [1.82, 2.24) is 10.6 Å². The fourth-order valence-corrected chi connectivity index (χ4v) is 2.95. The zero-order valence-electron chi connectivity index (χ0n) is 17.5. The second kappa shape index (κ2) is 11.3. The summed E-state index contributed by atoms with van der Waals surface area (Å²) in [7, 11) is 0. The Morgan fingerprint density at radius 2 is 1.48 bits per heavy atom. The monoisotopic (exact) mass is 410 g/mol. The van der Waals surface area contributed by atoms with Crippen molar-refractivity contribution in [2.24, 2.45) is 0 Å². The summed E-state index contributed by atoms with van der Waals surface area (Å²) in [5.74, 6) is -0.647. The van der Waals surface area contributed by atoms with Crippen molar-refractivity contribution in [1.29, 1.82) is 0 Å². The highest BCUT2D eigenvalue weighted by Gasteiger charge is 2.13.